The molecule has 0 N–H and O–H groups in total. The molecular weight excluding hydrogens is 386 g/mol. The molecule has 0 bridgehead atoms. The van der Waals surface area contributed by atoms with Gasteiger partial charge in [0.1, 0.15) is 0 Å². The summed E-state index contributed by atoms with van der Waals surface area (Å²) in [5.41, 5.74) is 4.42. The Morgan fingerprint density at radius 2 is 2.00 bits per heavy atom. The molecule has 2 aliphatic heterocycles. The lowest BCUT2D eigenvalue weighted by atomic mass is 9.48. The summed E-state index contributed by atoms with van der Waals surface area (Å²) in [7, 11) is 0. The third-order valence-corrected chi connectivity index (χ3v) is 7.97. The number of carbonyl (C=O) groups excluding carboxylic acids is 1. The zero-order chi connectivity index (χ0) is 21.8. The van der Waals surface area contributed by atoms with Crippen LogP contribution in [-0.4, -0.2) is 66.6 Å². The van der Waals surface area contributed by atoms with Crippen molar-refractivity contribution in [1.82, 2.24) is 14.8 Å². The quantitative estimate of drug-likeness (QED) is 0.751. The molecular formula is C26H35N3O2. The molecule has 0 unspecified atom stereocenters. The molecule has 3 heterocycles. The molecule has 0 radical (unpaired) electrons. The van der Waals surface area contributed by atoms with E-state index in [2.05, 4.69) is 53.8 Å². The number of pyridine rings is 1. The van der Waals surface area contributed by atoms with Crippen LogP contribution in [0.3, 0.4) is 0 Å². The number of ether oxygens (including phenoxy) is 1. The number of hydrogen-bond donors (Lipinski definition) is 0. The number of rotatable bonds is 4. The van der Waals surface area contributed by atoms with Crippen molar-refractivity contribution in [3.8, 4) is 0 Å². The fourth-order valence-electron chi connectivity index (χ4n) is 6.67. The van der Waals surface area contributed by atoms with Gasteiger partial charge in [-0.15, -0.1) is 0 Å². The second-order valence-corrected chi connectivity index (χ2v) is 10.7. The Bertz CT molecular complexity index is 1010. The van der Waals surface area contributed by atoms with Crippen molar-refractivity contribution in [3.05, 3.63) is 41.1 Å². The average Bonchev–Trinajstić information content (AvgIpc) is 3.07. The van der Waals surface area contributed by atoms with Crippen LogP contribution in [0.25, 0.3) is 10.9 Å². The highest BCUT2D eigenvalue weighted by molar-refractivity contribution is 6.06. The molecule has 3 fully saturated rings. The van der Waals surface area contributed by atoms with Crippen molar-refractivity contribution < 1.29 is 9.53 Å². The van der Waals surface area contributed by atoms with Gasteiger partial charge in [-0.1, -0.05) is 26.8 Å². The first-order chi connectivity index (χ1) is 14.8. The van der Waals surface area contributed by atoms with Gasteiger partial charge >= 0.3 is 0 Å². The van der Waals surface area contributed by atoms with Crippen LogP contribution in [0.15, 0.2) is 24.3 Å². The number of aromatic nitrogens is 1. The molecule has 2 saturated heterocycles. The number of amides is 1. The number of morpholine rings is 1. The standard InChI is InChI=1S/C26H35N3O2/c1-5-19-6-7-22-20(13-19)21(12-18(2)27-22)24(30)29-14-23-25(3,4)15-26(23,17-29)16-28-8-10-31-11-9-28/h6-7,12-13,23H,5,8-11,14-17H2,1-4H3/t23-,26+/m1/s1. The number of benzene rings is 1. The van der Waals surface area contributed by atoms with Crippen molar-refractivity contribution in [1.29, 1.82) is 0 Å². The molecule has 3 aliphatic rings. The average molecular weight is 422 g/mol. The number of hydrogen-bond acceptors (Lipinski definition) is 4. The van der Waals surface area contributed by atoms with Crippen LogP contribution in [0.2, 0.25) is 0 Å². The number of aryl methyl sites for hydroxylation is 2. The van der Waals surface area contributed by atoms with Gasteiger partial charge in [-0.3, -0.25) is 14.7 Å². The third-order valence-electron chi connectivity index (χ3n) is 7.97. The van der Waals surface area contributed by atoms with Gasteiger partial charge in [-0.2, -0.15) is 0 Å². The van der Waals surface area contributed by atoms with Crippen LogP contribution < -0.4 is 0 Å². The molecule has 166 valence electrons. The first kappa shape index (κ1) is 20.9. The normalized spacial score (nSPS) is 27.9. The predicted molar refractivity (Wildman–Crippen MR) is 123 cm³/mol. The Hall–Kier alpha value is -1.98. The number of fused-ring (bicyclic) bond motifs is 2. The number of nitrogens with zero attached hydrogens (tertiary/aromatic N) is 3. The molecule has 5 rings (SSSR count). The van der Waals surface area contributed by atoms with Crippen LogP contribution in [0.5, 0.6) is 0 Å². The summed E-state index contributed by atoms with van der Waals surface area (Å²) in [5, 5.41) is 0.996. The Morgan fingerprint density at radius 1 is 1.23 bits per heavy atom. The molecule has 5 nitrogen and oxygen atoms in total. The predicted octanol–water partition coefficient (Wildman–Crippen LogP) is 3.93. The van der Waals surface area contributed by atoms with Crippen LogP contribution >= 0.6 is 0 Å². The summed E-state index contributed by atoms with van der Waals surface area (Å²) in [6, 6.07) is 8.34. The van der Waals surface area contributed by atoms with Gasteiger partial charge in [0, 0.05) is 49.2 Å². The Morgan fingerprint density at radius 3 is 2.71 bits per heavy atom. The van der Waals surface area contributed by atoms with Crippen LogP contribution in [0.1, 0.15) is 48.8 Å². The topological polar surface area (TPSA) is 45.7 Å². The summed E-state index contributed by atoms with van der Waals surface area (Å²) in [4.78, 5) is 23.2. The minimum atomic E-state index is 0.176. The molecule has 1 aromatic heterocycles. The molecule has 1 aromatic carbocycles. The summed E-state index contributed by atoms with van der Waals surface area (Å²) in [6.45, 7) is 15.4. The van der Waals surface area contributed by atoms with Gasteiger partial charge in [0.15, 0.2) is 0 Å². The summed E-state index contributed by atoms with van der Waals surface area (Å²) in [5.74, 6) is 0.738. The van der Waals surface area contributed by atoms with Crippen molar-refractivity contribution in [3.63, 3.8) is 0 Å². The van der Waals surface area contributed by atoms with Crippen LogP contribution in [0, 0.1) is 23.7 Å². The lowest BCUT2D eigenvalue weighted by molar-refractivity contribution is -0.0966. The minimum Gasteiger partial charge on any atom is -0.379 e. The molecule has 5 heteroatoms. The monoisotopic (exact) mass is 421 g/mol. The SMILES string of the molecule is CCc1ccc2nc(C)cc(C(=O)N3C[C@@H]4C(C)(C)C[C@]4(CN4CCOCC4)C3)c2c1. The van der Waals surface area contributed by atoms with E-state index in [1.165, 1.54) is 12.0 Å². The Balaban J connectivity index is 1.45. The van der Waals surface area contributed by atoms with E-state index in [4.69, 9.17) is 4.74 Å². The first-order valence-corrected chi connectivity index (χ1v) is 11.8. The molecule has 1 saturated carbocycles. The molecule has 2 aromatic rings. The molecule has 1 amide bonds. The van der Waals surface area contributed by atoms with E-state index in [0.29, 0.717) is 11.3 Å². The minimum absolute atomic E-state index is 0.176. The van der Waals surface area contributed by atoms with Gasteiger partial charge in [0.25, 0.3) is 5.91 Å². The molecule has 0 spiro atoms. The van der Waals surface area contributed by atoms with E-state index in [1.807, 2.05) is 13.0 Å². The van der Waals surface area contributed by atoms with E-state index < -0.39 is 0 Å². The highest BCUT2D eigenvalue weighted by Gasteiger charge is 2.63. The second-order valence-electron chi connectivity index (χ2n) is 10.7. The summed E-state index contributed by atoms with van der Waals surface area (Å²) >= 11 is 0. The van der Waals surface area contributed by atoms with Gasteiger partial charge in [-0.05, 0) is 54.9 Å². The van der Waals surface area contributed by atoms with Crippen LogP contribution in [-0.2, 0) is 11.2 Å². The largest absolute Gasteiger partial charge is 0.379 e. The van der Waals surface area contributed by atoms with Crippen molar-refractivity contribution in [2.75, 3.05) is 45.9 Å². The van der Waals surface area contributed by atoms with Gasteiger partial charge < -0.3 is 9.64 Å². The third kappa shape index (κ3) is 3.56. The van der Waals surface area contributed by atoms with E-state index in [1.54, 1.807) is 0 Å². The second kappa shape index (κ2) is 7.56. The Labute approximate surface area is 185 Å². The maximum absolute atomic E-state index is 13.8. The molecule has 31 heavy (non-hydrogen) atoms. The van der Waals surface area contributed by atoms with Crippen LogP contribution in [0.4, 0.5) is 0 Å². The maximum Gasteiger partial charge on any atom is 0.254 e. The number of carbonyl (C=O) groups is 1. The first-order valence-electron chi connectivity index (χ1n) is 11.8. The summed E-state index contributed by atoms with van der Waals surface area (Å²) < 4.78 is 5.56. The summed E-state index contributed by atoms with van der Waals surface area (Å²) in [6.07, 6.45) is 2.15. The van der Waals surface area contributed by atoms with Gasteiger partial charge in [-0.25, -0.2) is 0 Å². The molecule has 2 atom stereocenters. The van der Waals surface area contributed by atoms with E-state index in [0.717, 1.165) is 74.5 Å². The van der Waals surface area contributed by atoms with E-state index in [9.17, 15) is 4.79 Å². The fraction of sp³-hybridized carbons (Fsp3) is 0.615. The van der Waals surface area contributed by atoms with Crippen molar-refractivity contribution in [2.24, 2.45) is 16.7 Å². The van der Waals surface area contributed by atoms with Crippen molar-refractivity contribution >= 4 is 16.8 Å². The lowest BCUT2D eigenvalue weighted by Gasteiger charge is -2.58. The highest BCUT2D eigenvalue weighted by atomic mass is 16.5. The van der Waals surface area contributed by atoms with Gasteiger partial charge in [0.2, 0.25) is 0 Å². The zero-order valence-corrected chi connectivity index (χ0v) is 19.4. The van der Waals surface area contributed by atoms with E-state index in [-0.39, 0.29) is 11.3 Å². The lowest BCUT2D eigenvalue weighted by Crippen LogP contribution is -2.59. The fourth-order valence-corrected chi connectivity index (χ4v) is 6.67. The number of likely N-dealkylation sites (tertiary alicyclic amines) is 1. The zero-order valence-electron chi connectivity index (χ0n) is 19.4. The Kier molecular flexibility index (Phi) is 5.10. The highest BCUT2D eigenvalue weighted by Crippen LogP contribution is 2.63. The smallest absolute Gasteiger partial charge is 0.254 e. The maximum atomic E-state index is 13.8. The van der Waals surface area contributed by atoms with E-state index >= 15 is 0 Å². The molecule has 1 aliphatic carbocycles. The van der Waals surface area contributed by atoms with Gasteiger partial charge in [0.05, 0.1) is 24.3 Å². The van der Waals surface area contributed by atoms with Crippen molar-refractivity contribution in [2.45, 2.75) is 40.5 Å².